The summed E-state index contributed by atoms with van der Waals surface area (Å²) in [6, 6.07) is 22.2. The molecule has 2 aromatic rings. The lowest BCUT2D eigenvalue weighted by atomic mass is 10.0. The van der Waals surface area contributed by atoms with Crippen LogP contribution in [-0.2, 0) is 6.54 Å². The Labute approximate surface area is 121 Å². The second-order valence-electron chi connectivity index (χ2n) is 5.43. The maximum absolute atomic E-state index is 3.46. The fraction of sp³-hybridized carbons (Fsp3) is 0.333. The first-order valence-corrected chi connectivity index (χ1v) is 7.50. The van der Waals surface area contributed by atoms with Gasteiger partial charge in [0, 0.05) is 18.3 Å². The van der Waals surface area contributed by atoms with Crippen molar-refractivity contribution in [3.05, 3.63) is 66.2 Å². The van der Waals surface area contributed by atoms with E-state index in [1.54, 1.807) is 0 Å². The fourth-order valence-electron chi connectivity index (χ4n) is 2.95. The standard InChI is InChI=1S/C18H22N2/c1-3-7-16(8-4-1)15-20(17-9-5-2-6-10-17)18-11-13-19-14-12-18/h1-10,18-19H,11-15H2. The Kier molecular flexibility index (Phi) is 4.34. The van der Waals surface area contributed by atoms with E-state index in [2.05, 4.69) is 70.9 Å². The smallest absolute Gasteiger partial charge is 0.0432 e. The third kappa shape index (κ3) is 3.20. The Morgan fingerprint density at radius 1 is 0.850 bits per heavy atom. The lowest BCUT2D eigenvalue weighted by Crippen LogP contribution is -2.42. The summed E-state index contributed by atoms with van der Waals surface area (Å²) in [6.45, 7) is 3.25. The van der Waals surface area contributed by atoms with Gasteiger partial charge in [0.25, 0.3) is 0 Å². The number of benzene rings is 2. The van der Waals surface area contributed by atoms with Crippen molar-refractivity contribution in [3.8, 4) is 0 Å². The molecule has 2 aromatic carbocycles. The molecule has 1 aliphatic heterocycles. The third-order valence-electron chi connectivity index (χ3n) is 4.03. The van der Waals surface area contributed by atoms with Crippen LogP contribution in [0.5, 0.6) is 0 Å². The van der Waals surface area contributed by atoms with Crippen LogP contribution in [0.1, 0.15) is 18.4 Å². The molecule has 20 heavy (non-hydrogen) atoms. The quantitative estimate of drug-likeness (QED) is 0.912. The van der Waals surface area contributed by atoms with E-state index >= 15 is 0 Å². The van der Waals surface area contributed by atoms with E-state index in [4.69, 9.17) is 0 Å². The molecule has 0 spiro atoms. The molecule has 0 bridgehead atoms. The summed E-state index contributed by atoms with van der Waals surface area (Å²) >= 11 is 0. The van der Waals surface area contributed by atoms with Gasteiger partial charge in [-0.25, -0.2) is 0 Å². The number of hydrogen-bond acceptors (Lipinski definition) is 2. The molecule has 0 saturated carbocycles. The zero-order valence-electron chi connectivity index (χ0n) is 11.8. The average Bonchev–Trinajstić information content (AvgIpc) is 2.55. The van der Waals surface area contributed by atoms with Gasteiger partial charge in [0.2, 0.25) is 0 Å². The molecule has 3 rings (SSSR count). The summed E-state index contributed by atoms with van der Waals surface area (Å²) in [5.41, 5.74) is 2.72. The van der Waals surface area contributed by atoms with Crippen LogP contribution in [-0.4, -0.2) is 19.1 Å². The lowest BCUT2D eigenvalue weighted by molar-refractivity contribution is 0.428. The van der Waals surface area contributed by atoms with Crippen molar-refractivity contribution < 1.29 is 0 Å². The van der Waals surface area contributed by atoms with Gasteiger partial charge in [0.05, 0.1) is 0 Å². The van der Waals surface area contributed by atoms with E-state index < -0.39 is 0 Å². The topological polar surface area (TPSA) is 15.3 Å². The predicted octanol–water partition coefficient (Wildman–Crippen LogP) is 3.45. The maximum atomic E-state index is 3.46. The Balaban J connectivity index is 1.83. The summed E-state index contributed by atoms with van der Waals surface area (Å²) in [5, 5.41) is 3.46. The highest BCUT2D eigenvalue weighted by molar-refractivity contribution is 5.48. The first kappa shape index (κ1) is 13.2. The summed E-state index contributed by atoms with van der Waals surface area (Å²) in [4.78, 5) is 2.57. The van der Waals surface area contributed by atoms with Crippen LogP contribution in [0, 0.1) is 0 Å². The first-order valence-electron chi connectivity index (χ1n) is 7.50. The van der Waals surface area contributed by atoms with Gasteiger partial charge in [-0.15, -0.1) is 0 Å². The highest BCUT2D eigenvalue weighted by Crippen LogP contribution is 2.23. The van der Waals surface area contributed by atoms with Crippen molar-refractivity contribution in [2.24, 2.45) is 0 Å². The number of hydrogen-bond donors (Lipinski definition) is 1. The van der Waals surface area contributed by atoms with E-state index in [-0.39, 0.29) is 0 Å². The normalized spacial score (nSPS) is 16.0. The molecule has 2 heteroatoms. The van der Waals surface area contributed by atoms with Gasteiger partial charge in [0.1, 0.15) is 0 Å². The summed E-state index contributed by atoms with van der Waals surface area (Å²) < 4.78 is 0. The Morgan fingerprint density at radius 2 is 1.45 bits per heavy atom. The molecule has 0 atom stereocenters. The molecule has 0 aliphatic carbocycles. The third-order valence-corrected chi connectivity index (χ3v) is 4.03. The summed E-state index contributed by atoms with van der Waals surface area (Å²) in [5.74, 6) is 0. The van der Waals surface area contributed by atoms with E-state index in [1.807, 2.05) is 0 Å². The van der Waals surface area contributed by atoms with Gasteiger partial charge in [-0.1, -0.05) is 48.5 Å². The van der Waals surface area contributed by atoms with E-state index in [0.717, 1.165) is 19.6 Å². The molecule has 1 fully saturated rings. The zero-order chi connectivity index (χ0) is 13.6. The van der Waals surface area contributed by atoms with Gasteiger partial charge >= 0.3 is 0 Å². The molecule has 0 aromatic heterocycles. The van der Waals surface area contributed by atoms with Crippen LogP contribution >= 0.6 is 0 Å². The minimum absolute atomic E-state index is 0.638. The molecule has 1 heterocycles. The minimum Gasteiger partial charge on any atom is -0.364 e. The van der Waals surface area contributed by atoms with Crippen LogP contribution in [0.3, 0.4) is 0 Å². The van der Waals surface area contributed by atoms with Crippen molar-refractivity contribution >= 4 is 5.69 Å². The molecular formula is C18H22N2. The fourth-order valence-corrected chi connectivity index (χ4v) is 2.95. The molecule has 0 radical (unpaired) electrons. The number of piperidine rings is 1. The molecule has 1 saturated heterocycles. The van der Waals surface area contributed by atoms with Crippen molar-refractivity contribution in [3.63, 3.8) is 0 Å². The molecular weight excluding hydrogens is 244 g/mol. The molecule has 2 nitrogen and oxygen atoms in total. The van der Waals surface area contributed by atoms with Gasteiger partial charge in [-0.2, -0.15) is 0 Å². The Morgan fingerprint density at radius 3 is 2.10 bits per heavy atom. The summed E-state index contributed by atoms with van der Waals surface area (Å²) in [6.07, 6.45) is 2.45. The van der Waals surface area contributed by atoms with E-state index in [9.17, 15) is 0 Å². The lowest BCUT2D eigenvalue weighted by Gasteiger charge is -2.36. The van der Waals surface area contributed by atoms with Gasteiger partial charge in [-0.05, 0) is 43.6 Å². The Hall–Kier alpha value is -1.80. The van der Waals surface area contributed by atoms with Crippen molar-refractivity contribution in [2.75, 3.05) is 18.0 Å². The van der Waals surface area contributed by atoms with Gasteiger partial charge < -0.3 is 10.2 Å². The average molecular weight is 266 g/mol. The second-order valence-corrected chi connectivity index (χ2v) is 5.43. The summed E-state index contributed by atoms with van der Waals surface area (Å²) in [7, 11) is 0. The highest BCUT2D eigenvalue weighted by atomic mass is 15.2. The zero-order valence-corrected chi connectivity index (χ0v) is 11.8. The monoisotopic (exact) mass is 266 g/mol. The van der Waals surface area contributed by atoms with E-state index in [1.165, 1.54) is 24.1 Å². The SMILES string of the molecule is c1ccc(CN(c2ccccc2)C2CCNCC2)cc1. The molecule has 0 amide bonds. The number of rotatable bonds is 4. The van der Waals surface area contributed by atoms with Gasteiger partial charge in [0.15, 0.2) is 0 Å². The Bertz CT molecular complexity index is 503. The van der Waals surface area contributed by atoms with Crippen molar-refractivity contribution in [1.29, 1.82) is 0 Å². The number of para-hydroxylation sites is 1. The molecule has 104 valence electrons. The maximum Gasteiger partial charge on any atom is 0.0432 e. The molecule has 1 aliphatic rings. The second kappa shape index (κ2) is 6.58. The number of anilines is 1. The molecule has 0 unspecified atom stereocenters. The predicted molar refractivity (Wildman–Crippen MR) is 85.0 cm³/mol. The van der Waals surface area contributed by atoms with Crippen LogP contribution in [0.15, 0.2) is 60.7 Å². The largest absolute Gasteiger partial charge is 0.364 e. The van der Waals surface area contributed by atoms with Crippen molar-refractivity contribution in [1.82, 2.24) is 5.32 Å². The molecule has 1 N–H and O–H groups in total. The first-order chi connectivity index (χ1) is 9.93. The minimum atomic E-state index is 0.638. The highest BCUT2D eigenvalue weighted by Gasteiger charge is 2.21. The van der Waals surface area contributed by atoms with Crippen LogP contribution in [0.2, 0.25) is 0 Å². The van der Waals surface area contributed by atoms with Crippen LogP contribution in [0.4, 0.5) is 5.69 Å². The number of nitrogens with one attached hydrogen (secondary N) is 1. The number of nitrogens with zero attached hydrogens (tertiary/aromatic N) is 1. The van der Waals surface area contributed by atoms with Gasteiger partial charge in [-0.3, -0.25) is 0 Å². The van der Waals surface area contributed by atoms with E-state index in [0.29, 0.717) is 6.04 Å². The van der Waals surface area contributed by atoms with Crippen LogP contribution in [0.25, 0.3) is 0 Å². The van der Waals surface area contributed by atoms with Crippen molar-refractivity contribution in [2.45, 2.75) is 25.4 Å². The van der Waals surface area contributed by atoms with Crippen LogP contribution < -0.4 is 10.2 Å².